The Balaban J connectivity index is 2.20. The molecule has 0 radical (unpaired) electrons. The first-order valence-corrected chi connectivity index (χ1v) is 7.42. The highest BCUT2D eigenvalue weighted by molar-refractivity contribution is 7.19. The maximum absolute atomic E-state index is 13.9. The van der Waals surface area contributed by atoms with Crippen molar-refractivity contribution in [1.82, 2.24) is 4.98 Å². The molecule has 6 heteroatoms. The van der Waals surface area contributed by atoms with Crippen molar-refractivity contribution in [2.24, 2.45) is 0 Å². The Morgan fingerprint density at radius 2 is 2.05 bits per heavy atom. The van der Waals surface area contributed by atoms with Crippen LogP contribution < -0.4 is 5.32 Å². The number of nitrogens with one attached hydrogen (secondary N) is 1. The summed E-state index contributed by atoms with van der Waals surface area (Å²) in [4.78, 5) is 16.4. The number of halogens is 1. The topological polar surface area (TPSA) is 51.2 Å². The first kappa shape index (κ1) is 14.5. The number of carbonyl (C=O) groups excluding carboxylic acids is 1. The van der Waals surface area contributed by atoms with Crippen molar-refractivity contribution in [3.8, 4) is 0 Å². The van der Waals surface area contributed by atoms with Gasteiger partial charge in [0, 0.05) is 0 Å². The molecule has 0 aliphatic carbocycles. The smallest absolute Gasteiger partial charge is 0.340 e. The van der Waals surface area contributed by atoms with E-state index in [0.717, 1.165) is 15.2 Å². The van der Waals surface area contributed by atoms with Crippen molar-refractivity contribution in [2.75, 3.05) is 12.4 Å². The SMILES string of the molecule is COC(=O)c1ccc2nc(C)sc2c1Nc1ccccc1F. The number of fused-ring (bicyclic) bond motifs is 1. The number of hydrogen-bond donors (Lipinski definition) is 1. The molecule has 0 spiro atoms. The minimum absolute atomic E-state index is 0.297. The highest BCUT2D eigenvalue weighted by Gasteiger charge is 2.18. The van der Waals surface area contributed by atoms with Crippen LogP contribution in [0.2, 0.25) is 0 Å². The van der Waals surface area contributed by atoms with Crippen molar-refractivity contribution in [1.29, 1.82) is 0 Å². The number of benzene rings is 2. The molecule has 1 heterocycles. The van der Waals surface area contributed by atoms with Gasteiger partial charge in [-0.15, -0.1) is 11.3 Å². The third kappa shape index (κ3) is 2.53. The van der Waals surface area contributed by atoms with Crippen molar-refractivity contribution in [3.05, 3.63) is 52.8 Å². The lowest BCUT2D eigenvalue weighted by molar-refractivity contribution is 0.0602. The third-order valence-corrected chi connectivity index (χ3v) is 4.21. The summed E-state index contributed by atoms with van der Waals surface area (Å²) in [6, 6.07) is 9.70. The number of hydrogen-bond acceptors (Lipinski definition) is 5. The molecule has 3 rings (SSSR count). The Hall–Kier alpha value is -2.47. The first-order valence-electron chi connectivity index (χ1n) is 6.60. The van der Waals surface area contributed by atoms with E-state index in [1.165, 1.54) is 24.5 Å². The van der Waals surface area contributed by atoms with E-state index in [-0.39, 0.29) is 0 Å². The Kier molecular flexibility index (Phi) is 3.77. The molecule has 0 aliphatic heterocycles. The van der Waals surface area contributed by atoms with Crippen LogP contribution in [0.25, 0.3) is 10.2 Å². The van der Waals surface area contributed by atoms with Crippen LogP contribution in [0.15, 0.2) is 36.4 Å². The van der Waals surface area contributed by atoms with Crippen LogP contribution in [0.1, 0.15) is 15.4 Å². The van der Waals surface area contributed by atoms with E-state index in [2.05, 4.69) is 10.3 Å². The fraction of sp³-hybridized carbons (Fsp3) is 0.125. The molecule has 4 nitrogen and oxygen atoms in total. The number of aromatic nitrogens is 1. The van der Waals surface area contributed by atoms with Crippen molar-refractivity contribution in [3.63, 3.8) is 0 Å². The zero-order chi connectivity index (χ0) is 15.7. The van der Waals surface area contributed by atoms with E-state index >= 15 is 0 Å². The van der Waals surface area contributed by atoms with Crippen molar-refractivity contribution >= 4 is 38.9 Å². The second-order valence-electron chi connectivity index (χ2n) is 4.67. The lowest BCUT2D eigenvalue weighted by Gasteiger charge is -2.12. The summed E-state index contributed by atoms with van der Waals surface area (Å²) in [5, 5.41) is 3.88. The molecule has 0 amide bonds. The van der Waals surface area contributed by atoms with Crippen molar-refractivity contribution < 1.29 is 13.9 Å². The van der Waals surface area contributed by atoms with Gasteiger partial charge in [0.2, 0.25) is 0 Å². The van der Waals surface area contributed by atoms with Gasteiger partial charge < -0.3 is 10.1 Å². The minimum atomic E-state index is -0.480. The lowest BCUT2D eigenvalue weighted by Crippen LogP contribution is -2.06. The molecule has 3 aromatic rings. The van der Waals surface area contributed by atoms with E-state index in [1.54, 1.807) is 30.3 Å². The van der Waals surface area contributed by atoms with Gasteiger partial charge in [0.1, 0.15) is 5.82 Å². The molecule has 0 atom stereocenters. The summed E-state index contributed by atoms with van der Waals surface area (Å²) in [5.41, 5.74) is 1.92. The fourth-order valence-electron chi connectivity index (χ4n) is 2.20. The largest absolute Gasteiger partial charge is 0.465 e. The van der Waals surface area contributed by atoms with Crippen LogP contribution in [0.5, 0.6) is 0 Å². The number of rotatable bonds is 3. The molecule has 0 saturated carbocycles. The molecule has 2 aromatic carbocycles. The molecule has 0 saturated heterocycles. The van der Waals surface area contributed by atoms with E-state index in [4.69, 9.17) is 4.74 Å². The summed E-state index contributed by atoms with van der Waals surface area (Å²) in [6.45, 7) is 1.88. The number of ether oxygens (including phenoxy) is 1. The molecule has 1 aromatic heterocycles. The van der Waals surface area contributed by atoms with Crippen molar-refractivity contribution in [2.45, 2.75) is 6.92 Å². The van der Waals surface area contributed by atoms with Gasteiger partial charge in [-0.1, -0.05) is 12.1 Å². The number of nitrogens with zero attached hydrogens (tertiary/aromatic N) is 1. The maximum atomic E-state index is 13.9. The van der Waals surface area contributed by atoms with Gasteiger partial charge in [-0.2, -0.15) is 0 Å². The summed E-state index contributed by atoms with van der Waals surface area (Å²) in [6.07, 6.45) is 0. The highest BCUT2D eigenvalue weighted by atomic mass is 32.1. The minimum Gasteiger partial charge on any atom is -0.465 e. The second-order valence-corrected chi connectivity index (χ2v) is 5.87. The van der Waals surface area contributed by atoms with Crippen LogP contribution in [-0.4, -0.2) is 18.1 Å². The number of thiazole rings is 1. The number of para-hydroxylation sites is 1. The van der Waals surface area contributed by atoms with Gasteiger partial charge in [-0.05, 0) is 31.2 Å². The Morgan fingerprint density at radius 3 is 2.77 bits per heavy atom. The van der Waals surface area contributed by atoms with Gasteiger partial charge in [-0.25, -0.2) is 14.2 Å². The predicted octanol–water partition coefficient (Wildman–Crippen LogP) is 4.27. The van der Waals surface area contributed by atoms with Crippen LogP contribution >= 0.6 is 11.3 Å². The molecule has 0 unspecified atom stereocenters. The average Bonchev–Trinajstić information content (AvgIpc) is 2.89. The Morgan fingerprint density at radius 1 is 1.27 bits per heavy atom. The Labute approximate surface area is 130 Å². The lowest BCUT2D eigenvalue weighted by atomic mass is 10.1. The zero-order valence-electron chi connectivity index (χ0n) is 12.0. The van der Waals surface area contributed by atoms with E-state index in [0.29, 0.717) is 16.9 Å². The average molecular weight is 316 g/mol. The Bertz CT molecular complexity index is 860. The van der Waals surface area contributed by atoms with Gasteiger partial charge in [0.25, 0.3) is 0 Å². The van der Waals surface area contributed by atoms with Gasteiger partial charge in [0.15, 0.2) is 0 Å². The number of anilines is 2. The monoisotopic (exact) mass is 316 g/mol. The zero-order valence-corrected chi connectivity index (χ0v) is 12.8. The predicted molar refractivity (Wildman–Crippen MR) is 85.4 cm³/mol. The van der Waals surface area contributed by atoms with E-state index in [9.17, 15) is 9.18 Å². The van der Waals surface area contributed by atoms with Crippen LogP contribution in [0.3, 0.4) is 0 Å². The normalized spacial score (nSPS) is 10.7. The summed E-state index contributed by atoms with van der Waals surface area (Å²) in [7, 11) is 1.32. The quantitative estimate of drug-likeness (QED) is 0.733. The summed E-state index contributed by atoms with van der Waals surface area (Å²) >= 11 is 1.44. The number of methoxy groups -OCH3 is 1. The maximum Gasteiger partial charge on any atom is 0.340 e. The number of carbonyl (C=O) groups is 1. The third-order valence-electron chi connectivity index (χ3n) is 3.20. The standard InChI is InChI=1S/C16H13FN2O2S/c1-9-18-13-8-7-10(16(20)21-2)14(15(13)22-9)19-12-6-4-3-5-11(12)17/h3-8,19H,1-2H3. The molecular weight excluding hydrogens is 303 g/mol. The van der Waals surface area contributed by atoms with Gasteiger partial charge in [-0.3, -0.25) is 0 Å². The molecule has 0 aliphatic rings. The first-order chi connectivity index (χ1) is 10.6. The number of aryl methyl sites for hydroxylation is 1. The molecular formula is C16H13FN2O2S. The second kappa shape index (κ2) is 5.73. The van der Waals surface area contributed by atoms with E-state index in [1.807, 2.05) is 6.92 Å². The fourth-order valence-corrected chi connectivity index (χ4v) is 3.13. The van der Waals surface area contributed by atoms with Gasteiger partial charge in [0.05, 0.1) is 39.3 Å². The summed E-state index contributed by atoms with van der Waals surface area (Å²) < 4.78 is 19.5. The van der Waals surface area contributed by atoms with Crippen LogP contribution in [0, 0.1) is 12.7 Å². The van der Waals surface area contributed by atoms with Crippen LogP contribution in [-0.2, 0) is 4.74 Å². The molecule has 1 N–H and O–H groups in total. The highest BCUT2D eigenvalue weighted by Crippen LogP contribution is 2.35. The summed E-state index contributed by atoms with van der Waals surface area (Å²) in [5.74, 6) is -0.872. The van der Waals surface area contributed by atoms with Crippen LogP contribution in [0.4, 0.5) is 15.8 Å². The van der Waals surface area contributed by atoms with E-state index < -0.39 is 11.8 Å². The number of esters is 1. The van der Waals surface area contributed by atoms with Gasteiger partial charge >= 0.3 is 5.97 Å². The molecule has 0 fully saturated rings. The molecule has 22 heavy (non-hydrogen) atoms. The molecule has 0 bridgehead atoms. The molecule has 112 valence electrons.